The molecule has 0 radical (unpaired) electrons. The molecular weight excluding hydrogens is 214 g/mol. The summed E-state index contributed by atoms with van der Waals surface area (Å²) in [6, 6.07) is 8.00. The van der Waals surface area contributed by atoms with Gasteiger partial charge in [0.15, 0.2) is 0 Å². The third-order valence-electron chi connectivity index (χ3n) is 2.52. The molecular formula is C13H17N3O. The van der Waals surface area contributed by atoms with E-state index < -0.39 is 5.60 Å². The highest BCUT2D eigenvalue weighted by atomic mass is 16.3. The van der Waals surface area contributed by atoms with Crippen molar-refractivity contribution in [3.8, 4) is 5.69 Å². The summed E-state index contributed by atoms with van der Waals surface area (Å²) in [6.07, 6.45) is 2.36. The third-order valence-corrected chi connectivity index (χ3v) is 2.52. The average molecular weight is 231 g/mol. The maximum absolute atomic E-state index is 9.73. The maximum Gasteiger partial charge on any atom is 0.0860 e. The van der Waals surface area contributed by atoms with Crippen molar-refractivity contribution in [1.29, 1.82) is 0 Å². The Balaban J connectivity index is 2.28. The molecule has 2 aromatic rings. The number of hydrogen-bond acceptors (Lipinski definition) is 3. The molecule has 0 saturated heterocycles. The highest BCUT2D eigenvalue weighted by molar-refractivity contribution is 5.38. The zero-order valence-corrected chi connectivity index (χ0v) is 10.4. The largest absolute Gasteiger partial charge is 0.390 e. The Labute approximate surface area is 101 Å². The van der Waals surface area contributed by atoms with E-state index in [1.807, 2.05) is 37.4 Å². The van der Waals surface area contributed by atoms with Crippen LogP contribution in [0, 0.1) is 6.92 Å². The van der Waals surface area contributed by atoms with Crippen LogP contribution >= 0.6 is 0 Å². The van der Waals surface area contributed by atoms with Gasteiger partial charge in [0.2, 0.25) is 0 Å². The summed E-state index contributed by atoms with van der Waals surface area (Å²) in [5.74, 6) is 0. The van der Waals surface area contributed by atoms with Crippen LogP contribution in [0.3, 0.4) is 0 Å². The average Bonchev–Trinajstić information content (AvgIpc) is 2.64. The first-order chi connectivity index (χ1) is 7.96. The van der Waals surface area contributed by atoms with Crippen molar-refractivity contribution in [2.24, 2.45) is 0 Å². The summed E-state index contributed by atoms with van der Waals surface area (Å²) < 4.78 is 1.75. The fourth-order valence-corrected chi connectivity index (χ4v) is 1.76. The Kier molecular flexibility index (Phi) is 2.98. The first kappa shape index (κ1) is 11.8. The lowest BCUT2D eigenvalue weighted by atomic mass is 10.0. The van der Waals surface area contributed by atoms with Crippen LogP contribution in [-0.4, -0.2) is 25.7 Å². The van der Waals surface area contributed by atoms with E-state index in [2.05, 4.69) is 10.3 Å². The molecule has 0 spiro atoms. The van der Waals surface area contributed by atoms with Crippen LogP contribution in [0.4, 0.5) is 0 Å². The van der Waals surface area contributed by atoms with Gasteiger partial charge in [-0.05, 0) is 32.4 Å². The molecule has 4 heteroatoms. The highest BCUT2D eigenvalue weighted by Gasteiger charge is 2.16. The summed E-state index contributed by atoms with van der Waals surface area (Å²) in [6.45, 7) is 5.56. The van der Waals surface area contributed by atoms with E-state index in [4.69, 9.17) is 0 Å². The van der Waals surface area contributed by atoms with Gasteiger partial charge in [0.25, 0.3) is 0 Å². The fourth-order valence-electron chi connectivity index (χ4n) is 1.76. The number of aliphatic hydroxyl groups is 1. The van der Waals surface area contributed by atoms with E-state index >= 15 is 0 Å². The molecule has 0 amide bonds. The van der Waals surface area contributed by atoms with Crippen molar-refractivity contribution in [2.75, 3.05) is 0 Å². The molecule has 0 bridgehead atoms. The van der Waals surface area contributed by atoms with E-state index in [-0.39, 0.29) is 0 Å². The second kappa shape index (κ2) is 4.30. The number of para-hydroxylation sites is 1. The van der Waals surface area contributed by atoms with Gasteiger partial charge in [-0.1, -0.05) is 23.4 Å². The highest BCUT2D eigenvalue weighted by Crippen LogP contribution is 2.14. The maximum atomic E-state index is 9.73. The molecule has 1 heterocycles. The first-order valence-electron chi connectivity index (χ1n) is 5.65. The zero-order valence-electron chi connectivity index (χ0n) is 10.4. The standard InChI is InChI=1S/C13H17N3O/c1-10-6-4-5-7-12(10)16-9-11(14-15-16)8-13(2,3)17/h4-7,9,17H,8H2,1-3H3. The topological polar surface area (TPSA) is 50.9 Å². The minimum Gasteiger partial charge on any atom is -0.390 e. The van der Waals surface area contributed by atoms with Gasteiger partial charge in [-0.15, -0.1) is 5.10 Å². The molecule has 90 valence electrons. The number of nitrogens with zero attached hydrogens (tertiary/aromatic N) is 3. The second-order valence-corrected chi connectivity index (χ2v) is 4.93. The van der Waals surface area contributed by atoms with Crippen LogP contribution in [0.15, 0.2) is 30.5 Å². The number of benzene rings is 1. The molecule has 0 atom stereocenters. The molecule has 0 unspecified atom stereocenters. The summed E-state index contributed by atoms with van der Waals surface area (Å²) >= 11 is 0. The Hall–Kier alpha value is -1.68. The van der Waals surface area contributed by atoms with Crippen LogP contribution in [0.5, 0.6) is 0 Å². The van der Waals surface area contributed by atoms with Gasteiger partial charge in [-0.2, -0.15) is 0 Å². The summed E-state index contributed by atoms with van der Waals surface area (Å²) in [5, 5.41) is 17.9. The van der Waals surface area contributed by atoms with Crippen LogP contribution in [0.2, 0.25) is 0 Å². The minimum atomic E-state index is -0.757. The van der Waals surface area contributed by atoms with Gasteiger partial charge in [0.05, 0.1) is 23.2 Å². The number of aromatic nitrogens is 3. The third kappa shape index (κ3) is 2.91. The molecule has 0 aliphatic heterocycles. The minimum absolute atomic E-state index is 0.499. The Bertz CT molecular complexity index is 511. The van der Waals surface area contributed by atoms with Crippen molar-refractivity contribution in [3.63, 3.8) is 0 Å². The lowest BCUT2D eigenvalue weighted by molar-refractivity contribution is 0.0799. The van der Waals surface area contributed by atoms with E-state index in [1.165, 1.54) is 0 Å². The van der Waals surface area contributed by atoms with E-state index in [0.29, 0.717) is 6.42 Å². The Morgan fingerprint density at radius 2 is 2.00 bits per heavy atom. The molecule has 0 aliphatic rings. The van der Waals surface area contributed by atoms with Gasteiger partial charge >= 0.3 is 0 Å². The molecule has 1 aromatic heterocycles. The van der Waals surface area contributed by atoms with Crippen molar-refractivity contribution >= 4 is 0 Å². The van der Waals surface area contributed by atoms with Crippen molar-refractivity contribution < 1.29 is 5.11 Å². The van der Waals surface area contributed by atoms with E-state index in [9.17, 15) is 5.11 Å². The van der Waals surface area contributed by atoms with Gasteiger partial charge in [-0.3, -0.25) is 0 Å². The van der Waals surface area contributed by atoms with Crippen molar-refractivity contribution in [2.45, 2.75) is 32.8 Å². The first-order valence-corrected chi connectivity index (χ1v) is 5.65. The molecule has 4 nitrogen and oxygen atoms in total. The molecule has 0 aliphatic carbocycles. The molecule has 1 aromatic carbocycles. The SMILES string of the molecule is Cc1ccccc1-n1cc(CC(C)(C)O)nn1. The van der Waals surface area contributed by atoms with Crippen LogP contribution in [-0.2, 0) is 6.42 Å². The van der Waals surface area contributed by atoms with Gasteiger partial charge in [0.1, 0.15) is 0 Å². The van der Waals surface area contributed by atoms with Gasteiger partial charge in [-0.25, -0.2) is 4.68 Å². The second-order valence-electron chi connectivity index (χ2n) is 4.93. The van der Waals surface area contributed by atoms with Gasteiger partial charge in [0, 0.05) is 6.42 Å². The zero-order chi connectivity index (χ0) is 12.5. The lowest BCUT2D eigenvalue weighted by Crippen LogP contribution is -2.22. The van der Waals surface area contributed by atoms with Gasteiger partial charge < -0.3 is 5.11 Å². The van der Waals surface area contributed by atoms with Crippen LogP contribution in [0.25, 0.3) is 5.69 Å². The molecule has 0 fully saturated rings. The monoisotopic (exact) mass is 231 g/mol. The van der Waals surface area contributed by atoms with E-state index in [1.54, 1.807) is 18.5 Å². The summed E-state index contributed by atoms with van der Waals surface area (Å²) in [4.78, 5) is 0. The number of aryl methyl sites for hydroxylation is 1. The van der Waals surface area contributed by atoms with Crippen molar-refractivity contribution in [3.05, 3.63) is 41.7 Å². The Morgan fingerprint density at radius 1 is 1.29 bits per heavy atom. The molecule has 17 heavy (non-hydrogen) atoms. The quantitative estimate of drug-likeness (QED) is 0.877. The Morgan fingerprint density at radius 3 is 2.65 bits per heavy atom. The van der Waals surface area contributed by atoms with Crippen LogP contribution in [0.1, 0.15) is 25.1 Å². The number of rotatable bonds is 3. The predicted octanol–water partition coefficient (Wildman–Crippen LogP) is 1.89. The normalized spacial score (nSPS) is 11.8. The fraction of sp³-hybridized carbons (Fsp3) is 0.385. The van der Waals surface area contributed by atoms with Crippen LogP contribution < -0.4 is 0 Å². The summed E-state index contributed by atoms with van der Waals surface area (Å²) in [7, 11) is 0. The predicted molar refractivity (Wildman–Crippen MR) is 66.1 cm³/mol. The van der Waals surface area contributed by atoms with Crippen molar-refractivity contribution in [1.82, 2.24) is 15.0 Å². The molecule has 2 rings (SSSR count). The summed E-state index contributed by atoms with van der Waals surface area (Å²) in [5.41, 5.74) is 2.20. The van der Waals surface area contributed by atoms with E-state index in [0.717, 1.165) is 16.9 Å². The molecule has 0 saturated carbocycles. The lowest BCUT2D eigenvalue weighted by Gasteiger charge is -2.14. The molecule has 1 N–H and O–H groups in total. The number of hydrogen-bond donors (Lipinski definition) is 1. The smallest absolute Gasteiger partial charge is 0.0860 e.